The first-order valence-corrected chi connectivity index (χ1v) is 7.80. The van der Waals surface area contributed by atoms with Crippen molar-refractivity contribution in [1.82, 2.24) is 19.7 Å². The molecule has 10 heteroatoms. The van der Waals surface area contributed by atoms with Gasteiger partial charge in [0.2, 0.25) is 5.60 Å². The predicted molar refractivity (Wildman–Crippen MR) is 81.8 cm³/mol. The maximum absolute atomic E-state index is 14.0. The smallest absolute Gasteiger partial charge is 0.373 e. The summed E-state index contributed by atoms with van der Waals surface area (Å²) < 4.78 is 54.1. The van der Waals surface area contributed by atoms with E-state index in [1.54, 1.807) is 6.92 Å². The van der Waals surface area contributed by atoms with Crippen LogP contribution in [0.1, 0.15) is 31.0 Å². The van der Waals surface area contributed by atoms with Crippen LogP contribution in [0.25, 0.3) is 5.82 Å². The van der Waals surface area contributed by atoms with E-state index < -0.39 is 29.4 Å². The zero-order valence-corrected chi connectivity index (χ0v) is 14.0. The number of alkyl halides is 3. The molecule has 2 aromatic heterocycles. The van der Waals surface area contributed by atoms with Crippen LogP contribution in [-0.2, 0) is 11.3 Å². The highest BCUT2D eigenvalue weighted by atomic mass is 19.4. The van der Waals surface area contributed by atoms with E-state index in [9.17, 15) is 27.5 Å². The molecule has 140 valence electrons. The topological polar surface area (TPSA) is 71.2 Å². The fourth-order valence-corrected chi connectivity index (χ4v) is 3.01. The van der Waals surface area contributed by atoms with Crippen molar-refractivity contribution >= 4 is 5.91 Å². The third-order valence-corrected chi connectivity index (χ3v) is 4.40. The summed E-state index contributed by atoms with van der Waals surface area (Å²) in [6.07, 6.45) is -2.33. The van der Waals surface area contributed by atoms with Gasteiger partial charge in [0, 0.05) is 30.8 Å². The zero-order valence-electron chi connectivity index (χ0n) is 14.0. The Morgan fingerprint density at radius 3 is 2.69 bits per heavy atom. The van der Waals surface area contributed by atoms with Crippen molar-refractivity contribution in [1.29, 1.82) is 0 Å². The maximum Gasteiger partial charge on any atom is 0.426 e. The van der Waals surface area contributed by atoms with Gasteiger partial charge in [-0.25, -0.2) is 14.1 Å². The van der Waals surface area contributed by atoms with E-state index in [1.165, 1.54) is 29.2 Å². The van der Waals surface area contributed by atoms with Gasteiger partial charge in [-0.15, -0.1) is 0 Å². The van der Waals surface area contributed by atoms with Crippen LogP contribution in [0.3, 0.4) is 0 Å². The van der Waals surface area contributed by atoms with Gasteiger partial charge in [0.05, 0.1) is 11.9 Å². The number of nitrogens with zero attached hydrogens (tertiary/aromatic N) is 4. The van der Waals surface area contributed by atoms with Crippen LogP contribution >= 0.6 is 0 Å². The number of pyridine rings is 1. The van der Waals surface area contributed by atoms with E-state index in [0.717, 1.165) is 4.90 Å². The summed E-state index contributed by atoms with van der Waals surface area (Å²) in [4.78, 5) is 17.1. The minimum atomic E-state index is -5.09. The molecule has 0 aromatic carbocycles. The van der Waals surface area contributed by atoms with Gasteiger partial charge in [-0.2, -0.15) is 18.3 Å². The standard InChI is InChI=1S/C16H16F4N4O2/c1-9-7-23(14(25)15(2,26)16(18,19)20)8-10-6-22-24(12(9)10)13-11(17)4-3-5-21-13/h3-6,9,26H,7-8H2,1-2H3/t9-,15+/m0/s1. The van der Waals surface area contributed by atoms with Gasteiger partial charge in [0.1, 0.15) is 0 Å². The summed E-state index contributed by atoms with van der Waals surface area (Å²) in [6.45, 7) is 1.87. The first-order chi connectivity index (χ1) is 12.0. The van der Waals surface area contributed by atoms with Crippen molar-refractivity contribution in [3.05, 3.63) is 41.6 Å². The molecule has 3 rings (SSSR count). The first-order valence-electron chi connectivity index (χ1n) is 7.80. The molecular weight excluding hydrogens is 356 g/mol. The summed E-state index contributed by atoms with van der Waals surface area (Å²) in [7, 11) is 0. The molecule has 0 saturated carbocycles. The molecule has 1 aliphatic rings. The summed E-state index contributed by atoms with van der Waals surface area (Å²) >= 11 is 0. The summed E-state index contributed by atoms with van der Waals surface area (Å²) in [6, 6.07) is 2.65. The SMILES string of the molecule is C[C@H]1CN(C(=O)[C@@](C)(O)C(F)(F)F)Cc2cnn(-c3ncccc3F)c21. The van der Waals surface area contributed by atoms with Crippen molar-refractivity contribution in [3.8, 4) is 5.82 Å². The minimum absolute atomic E-state index is 0.0253. The Bertz CT molecular complexity index is 847. The highest BCUT2D eigenvalue weighted by Crippen LogP contribution is 2.35. The van der Waals surface area contributed by atoms with Gasteiger partial charge in [0.15, 0.2) is 11.6 Å². The van der Waals surface area contributed by atoms with Gasteiger partial charge in [-0.05, 0) is 19.1 Å². The van der Waals surface area contributed by atoms with Crippen LogP contribution in [0.15, 0.2) is 24.5 Å². The molecule has 26 heavy (non-hydrogen) atoms. The lowest BCUT2D eigenvalue weighted by atomic mass is 9.95. The molecule has 0 fully saturated rings. The molecule has 2 aromatic rings. The number of aromatic nitrogens is 3. The average Bonchev–Trinajstić information content (AvgIpc) is 2.97. The third-order valence-electron chi connectivity index (χ3n) is 4.40. The van der Waals surface area contributed by atoms with Crippen LogP contribution < -0.4 is 0 Å². The molecule has 0 bridgehead atoms. The van der Waals surface area contributed by atoms with Crippen molar-refractivity contribution in [2.75, 3.05) is 6.54 Å². The molecule has 2 atom stereocenters. The number of carbonyl (C=O) groups excluding carboxylic acids is 1. The third kappa shape index (κ3) is 2.83. The van der Waals surface area contributed by atoms with E-state index >= 15 is 0 Å². The quantitative estimate of drug-likeness (QED) is 0.821. The molecule has 0 saturated heterocycles. The Balaban J connectivity index is 1.94. The fraction of sp³-hybridized carbons (Fsp3) is 0.438. The van der Waals surface area contributed by atoms with E-state index in [-0.39, 0.29) is 18.9 Å². The number of aliphatic hydroxyl groups is 1. The summed E-state index contributed by atoms with van der Waals surface area (Å²) in [5.74, 6) is -2.48. The van der Waals surface area contributed by atoms with Crippen LogP contribution in [-0.4, -0.2) is 49.0 Å². The van der Waals surface area contributed by atoms with Crippen LogP contribution in [0.2, 0.25) is 0 Å². The van der Waals surface area contributed by atoms with Gasteiger partial charge in [0.25, 0.3) is 5.91 Å². The van der Waals surface area contributed by atoms with Crippen LogP contribution in [0.5, 0.6) is 0 Å². The molecule has 1 amide bonds. The number of carbonyl (C=O) groups is 1. The van der Waals surface area contributed by atoms with Crippen molar-refractivity contribution in [2.24, 2.45) is 0 Å². The largest absolute Gasteiger partial charge is 0.426 e. The normalized spacial score (nSPS) is 19.8. The van der Waals surface area contributed by atoms with E-state index in [4.69, 9.17) is 0 Å². The Labute approximate surface area is 146 Å². The lowest BCUT2D eigenvalue weighted by Crippen LogP contribution is -2.57. The second-order valence-corrected chi connectivity index (χ2v) is 6.43. The molecule has 0 unspecified atom stereocenters. The monoisotopic (exact) mass is 372 g/mol. The predicted octanol–water partition coefficient (Wildman–Crippen LogP) is 2.17. The summed E-state index contributed by atoms with van der Waals surface area (Å²) in [5, 5.41) is 13.7. The number of hydrogen-bond donors (Lipinski definition) is 1. The number of amides is 1. The minimum Gasteiger partial charge on any atom is -0.373 e. The van der Waals surface area contributed by atoms with E-state index in [2.05, 4.69) is 10.1 Å². The van der Waals surface area contributed by atoms with E-state index in [0.29, 0.717) is 18.2 Å². The number of rotatable bonds is 2. The highest BCUT2D eigenvalue weighted by Gasteiger charge is 2.57. The maximum atomic E-state index is 14.0. The molecule has 1 aliphatic heterocycles. The second-order valence-electron chi connectivity index (χ2n) is 6.43. The molecule has 0 radical (unpaired) electrons. The highest BCUT2D eigenvalue weighted by molar-refractivity contribution is 5.85. The van der Waals surface area contributed by atoms with Crippen LogP contribution in [0.4, 0.5) is 17.6 Å². The number of fused-ring (bicyclic) bond motifs is 1. The van der Waals surface area contributed by atoms with Gasteiger partial charge in [-0.3, -0.25) is 4.79 Å². The second kappa shape index (κ2) is 6.04. The fourth-order valence-electron chi connectivity index (χ4n) is 3.01. The van der Waals surface area contributed by atoms with E-state index in [1.807, 2.05) is 0 Å². The average molecular weight is 372 g/mol. The molecule has 0 spiro atoms. The zero-order chi connectivity index (χ0) is 19.3. The van der Waals surface area contributed by atoms with Gasteiger partial charge in [-0.1, -0.05) is 6.92 Å². The van der Waals surface area contributed by atoms with Gasteiger partial charge >= 0.3 is 6.18 Å². The Hall–Kier alpha value is -2.49. The number of hydrogen-bond acceptors (Lipinski definition) is 4. The molecule has 1 N–H and O–H groups in total. The lowest BCUT2D eigenvalue weighted by Gasteiger charge is -2.36. The lowest BCUT2D eigenvalue weighted by molar-refractivity contribution is -0.250. The van der Waals surface area contributed by atoms with Crippen molar-refractivity contribution in [3.63, 3.8) is 0 Å². The Morgan fingerprint density at radius 2 is 2.08 bits per heavy atom. The van der Waals surface area contributed by atoms with Crippen molar-refractivity contribution in [2.45, 2.75) is 38.1 Å². The van der Waals surface area contributed by atoms with Gasteiger partial charge < -0.3 is 10.0 Å². The first kappa shape index (κ1) is 18.3. The molecular formula is C16H16F4N4O2. The molecule has 0 aliphatic carbocycles. The molecule has 6 nitrogen and oxygen atoms in total. The Morgan fingerprint density at radius 1 is 1.38 bits per heavy atom. The molecule has 3 heterocycles. The summed E-state index contributed by atoms with van der Waals surface area (Å²) in [5.41, 5.74) is -2.44. The Kier molecular flexibility index (Phi) is 4.26. The van der Waals surface area contributed by atoms with Crippen LogP contribution in [0, 0.1) is 5.82 Å². The van der Waals surface area contributed by atoms with Crippen molar-refractivity contribution < 1.29 is 27.5 Å². The number of halogens is 4.